The average molecular weight is 423 g/mol. The maximum atomic E-state index is 12.6. The fraction of sp³-hybridized carbons (Fsp3) is 0.250. The maximum Gasteiger partial charge on any atom is 0.286 e. The summed E-state index contributed by atoms with van der Waals surface area (Å²) in [6.07, 6.45) is 1.18. The van der Waals surface area contributed by atoms with Gasteiger partial charge < -0.3 is 9.72 Å². The molecule has 3 N–H and O–H groups in total. The van der Waals surface area contributed by atoms with Crippen molar-refractivity contribution in [1.29, 1.82) is 0 Å². The number of nitrogens with one attached hydrogen (secondary N) is 3. The molecule has 1 aromatic heterocycles. The fourth-order valence-corrected chi connectivity index (χ4v) is 4.01. The number of nitro groups is 1. The molecule has 2 heterocycles. The van der Waals surface area contributed by atoms with Crippen LogP contribution in [0, 0.1) is 10.1 Å². The molecular formula is C16H17N5O7S. The molecular weight excluding hydrogens is 406 g/mol. The smallest absolute Gasteiger partial charge is 0.286 e. The van der Waals surface area contributed by atoms with Crippen LogP contribution >= 0.6 is 0 Å². The Kier molecular flexibility index (Phi) is 5.91. The van der Waals surface area contributed by atoms with E-state index < -0.39 is 26.8 Å². The van der Waals surface area contributed by atoms with Gasteiger partial charge in [0.15, 0.2) is 0 Å². The molecule has 1 fully saturated rings. The highest BCUT2D eigenvalue weighted by Crippen LogP contribution is 2.18. The zero-order chi connectivity index (χ0) is 21.0. The molecule has 12 nitrogen and oxygen atoms in total. The lowest BCUT2D eigenvalue weighted by Crippen LogP contribution is -2.41. The highest BCUT2D eigenvalue weighted by atomic mass is 32.2. The van der Waals surface area contributed by atoms with Crippen molar-refractivity contribution >= 4 is 27.5 Å². The minimum atomic E-state index is -3.77. The van der Waals surface area contributed by atoms with Crippen molar-refractivity contribution < 1.29 is 27.7 Å². The number of non-ortho nitro benzene ring substituents is 1. The number of carbonyl (C=O) groups is 2. The van der Waals surface area contributed by atoms with E-state index in [2.05, 4.69) is 15.8 Å². The molecule has 0 unspecified atom stereocenters. The van der Waals surface area contributed by atoms with Gasteiger partial charge in [0, 0.05) is 37.0 Å². The van der Waals surface area contributed by atoms with Crippen LogP contribution in [0.3, 0.4) is 0 Å². The molecule has 3 rings (SSSR count). The minimum absolute atomic E-state index is 0.0263. The summed E-state index contributed by atoms with van der Waals surface area (Å²) < 4.78 is 31.5. The van der Waals surface area contributed by atoms with E-state index in [0.29, 0.717) is 13.2 Å². The third kappa shape index (κ3) is 4.59. The molecule has 1 aliphatic rings. The topological polar surface area (TPSA) is 164 Å². The van der Waals surface area contributed by atoms with E-state index >= 15 is 0 Å². The fourth-order valence-electron chi connectivity index (χ4n) is 2.60. The summed E-state index contributed by atoms with van der Waals surface area (Å²) >= 11 is 0. The molecule has 13 heteroatoms. The SMILES string of the molecule is O=C(NNC(=O)c1cc(S(=O)(=O)N2CCOCC2)c[nH]1)c1cccc([N+](=O)[O-])c1. The van der Waals surface area contributed by atoms with E-state index in [1.807, 2.05) is 0 Å². The number of nitro benzene ring substituents is 1. The van der Waals surface area contributed by atoms with E-state index in [-0.39, 0.29) is 34.9 Å². The van der Waals surface area contributed by atoms with Crippen molar-refractivity contribution in [2.75, 3.05) is 26.3 Å². The molecule has 29 heavy (non-hydrogen) atoms. The van der Waals surface area contributed by atoms with Crippen LogP contribution in [0.25, 0.3) is 0 Å². The molecule has 0 radical (unpaired) electrons. The molecule has 0 spiro atoms. The first kappa shape index (κ1) is 20.4. The summed E-state index contributed by atoms with van der Waals surface area (Å²) in [7, 11) is -3.77. The largest absolute Gasteiger partial charge is 0.379 e. The average Bonchev–Trinajstić information content (AvgIpc) is 3.24. The number of H-pyrrole nitrogens is 1. The molecule has 154 valence electrons. The molecule has 0 saturated carbocycles. The third-order valence-electron chi connectivity index (χ3n) is 4.12. The van der Waals surface area contributed by atoms with Crippen LogP contribution in [0.5, 0.6) is 0 Å². The Balaban J connectivity index is 1.64. The van der Waals surface area contributed by atoms with Crippen LogP contribution < -0.4 is 10.9 Å². The number of sulfonamides is 1. The van der Waals surface area contributed by atoms with Gasteiger partial charge in [-0.1, -0.05) is 6.07 Å². The quantitative estimate of drug-likeness (QED) is 0.450. The second-order valence-electron chi connectivity index (χ2n) is 5.98. The van der Waals surface area contributed by atoms with Crippen molar-refractivity contribution in [2.24, 2.45) is 0 Å². The number of carbonyl (C=O) groups excluding carboxylic acids is 2. The number of aromatic amines is 1. The first-order valence-electron chi connectivity index (χ1n) is 8.40. The number of nitrogens with zero attached hydrogens (tertiary/aromatic N) is 2. The lowest BCUT2D eigenvalue weighted by Gasteiger charge is -2.25. The van der Waals surface area contributed by atoms with Crippen molar-refractivity contribution in [3.63, 3.8) is 0 Å². The van der Waals surface area contributed by atoms with Crippen LogP contribution in [0.1, 0.15) is 20.8 Å². The summed E-state index contributed by atoms with van der Waals surface area (Å²) in [6.45, 7) is 1.02. The normalized spacial score (nSPS) is 14.9. The Labute approximate surface area is 165 Å². The lowest BCUT2D eigenvalue weighted by molar-refractivity contribution is -0.384. The molecule has 0 bridgehead atoms. The van der Waals surface area contributed by atoms with Crippen molar-refractivity contribution in [1.82, 2.24) is 20.1 Å². The first-order valence-corrected chi connectivity index (χ1v) is 9.84. The molecule has 0 atom stereocenters. The highest BCUT2D eigenvalue weighted by Gasteiger charge is 2.28. The number of hydrogen-bond acceptors (Lipinski definition) is 7. The Morgan fingerprint density at radius 2 is 1.83 bits per heavy atom. The minimum Gasteiger partial charge on any atom is -0.379 e. The van der Waals surface area contributed by atoms with Gasteiger partial charge in [0.1, 0.15) is 10.6 Å². The summed E-state index contributed by atoms with van der Waals surface area (Å²) in [5.74, 6) is -1.55. The second kappa shape index (κ2) is 8.38. The van der Waals surface area contributed by atoms with Gasteiger partial charge >= 0.3 is 0 Å². The number of rotatable bonds is 5. The summed E-state index contributed by atoms with van der Waals surface area (Å²) in [5, 5.41) is 10.8. The summed E-state index contributed by atoms with van der Waals surface area (Å²) in [4.78, 5) is 36.8. The highest BCUT2D eigenvalue weighted by molar-refractivity contribution is 7.89. The Morgan fingerprint density at radius 1 is 1.14 bits per heavy atom. The van der Waals surface area contributed by atoms with E-state index in [1.165, 1.54) is 28.7 Å². The van der Waals surface area contributed by atoms with Gasteiger partial charge in [-0.2, -0.15) is 4.31 Å². The van der Waals surface area contributed by atoms with E-state index in [9.17, 15) is 28.1 Å². The van der Waals surface area contributed by atoms with Crippen LogP contribution in [-0.4, -0.2) is 60.7 Å². The van der Waals surface area contributed by atoms with Crippen LogP contribution in [-0.2, 0) is 14.8 Å². The Hall–Kier alpha value is -3.29. The monoisotopic (exact) mass is 423 g/mol. The number of hydrogen-bond donors (Lipinski definition) is 3. The molecule has 1 saturated heterocycles. The van der Waals surface area contributed by atoms with Gasteiger partial charge in [0.05, 0.1) is 18.1 Å². The van der Waals surface area contributed by atoms with Gasteiger partial charge in [-0.15, -0.1) is 0 Å². The molecule has 0 aliphatic carbocycles. The summed E-state index contributed by atoms with van der Waals surface area (Å²) in [6, 6.07) is 6.12. The number of benzene rings is 1. The zero-order valence-corrected chi connectivity index (χ0v) is 15.8. The van der Waals surface area contributed by atoms with Crippen molar-refractivity contribution in [3.05, 3.63) is 57.9 Å². The van der Waals surface area contributed by atoms with Crippen LogP contribution in [0.4, 0.5) is 5.69 Å². The first-order chi connectivity index (χ1) is 13.8. The molecule has 2 aromatic rings. The van der Waals surface area contributed by atoms with E-state index in [4.69, 9.17) is 4.74 Å². The van der Waals surface area contributed by atoms with Crippen molar-refractivity contribution in [2.45, 2.75) is 4.90 Å². The van der Waals surface area contributed by atoms with Gasteiger partial charge in [0.25, 0.3) is 17.5 Å². The maximum absolute atomic E-state index is 12.6. The van der Waals surface area contributed by atoms with Gasteiger partial charge in [0.2, 0.25) is 10.0 Å². The number of ether oxygens (including phenoxy) is 1. The Morgan fingerprint density at radius 3 is 2.52 bits per heavy atom. The number of hydrazine groups is 1. The molecule has 2 amide bonds. The van der Waals surface area contributed by atoms with Gasteiger partial charge in [-0.3, -0.25) is 30.6 Å². The van der Waals surface area contributed by atoms with E-state index in [0.717, 1.165) is 12.1 Å². The number of aromatic nitrogens is 1. The standard InChI is InChI=1S/C16H17N5O7S/c22-15(11-2-1-3-12(8-11)21(24)25)18-19-16(23)14-9-13(10-17-14)29(26,27)20-4-6-28-7-5-20/h1-3,8-10,17H,4-7H2,(H,18,22)(H,19,23). The zero-order valence-electron chi connectivity index (χ0n) is 15.0. The third-order valence-corrected chi connectivity index (χ3v) is 5.99. The molecule has 1 aromatic carbocycles. The number of amides is 2. The van der Waals surface area contributed by atoms with Crippen molar-refractivity contribution in [3.8, 4) is 0 Å². The van der Waals surface area contributed by atoms with Gasteiger partial charge in [-0.05, 0) is 12.1 Å². The van der Waals surface area contributed by atoms with E-state index in [1.54, 1.807) is 0 Å². The van der Waals surface area contributed by atoms with Gasteiger partial charge in [-0.25, -0.2) is 8.42 Å². The predicted molar refractivity (Wildman–Crippen MR) is 98.4 cm³/mol. The Bertz CT molecular complexity index is 1040. The lowest BCUT2D eigenvalue weighted by atomic mass is 10.2. The number of morpholine rings is 1. The van der Waals surface area contributed by atoms with Crippen LogP contribution in [0.15, 0.2) is 41.4 Å². The molecule has 1 aliphatic heterocycles. The second-order valence-corrected chi connectivity index (χ2v) is 7.92. The summed E-state index contributed by atoms with van der Waals surface area (Å²) in [5.41, 5.74) is 3.85. The predicted octanol–water partition coefficient (Wildman–Crippen LogP) is 0.0186. The van der Waals surface area contributed by atoms with Crippen LogP contribution in [0.2, 0.25) is 0 Å².